The summed E-state index contributed by atoms with van der Waals surface area (Å²) in [6.07, 6.45) is 1.33. The number of nitrogens with one attached hydrogen (secondary N) is 2. The first-order valence-corrected chi connectivity index (χ1v) is 11.1. The molecule has 30 heavy (non-hydrogen) atoms. The smallest absolute Gasteiger partial charge is 0.246 e. The van der Waals surface area contributed by atoms with Gasteiger partial charge in [0.05, 0.1) is 72.2 Å². The molecule has 2 N–H and O–H groups in total. The minimum absolute atomic E-state index is 0.0126. The summed E-state index contributed by atoms with van der Waals surface area (Å²) in [4.78, 5) is 11.6. The van der Waals surface area contributed by atoms with Crippen molar-refractivity contribution < 1.29 is 33.2 Å². The van der Waals surface area contributed by atoms with E-state index in [0.717, 1.165) is 13.0 Å². The van der Waals surface area contributed by atoms with Crippen molar-refractivity contribution in [3.8, 4) is 0 Å². The van der Waals surface area contributed by atoms with Gasteiger partial charge in [-0.15, -0.1) is 0 Å². The quantitative estimate of drug-likeness (QED) is 0.229. The van der Waals surface area contributed by atoms with E-state index < -0.39 is 0 Å². The van der Waals surface area contributed by atoms with E-state index in [1.807, 2.05) is 13.8 Å². The van der Waals surface area contributed by atoms with Gasteiger partial charge in [0, 0.05) is 19.1 Å². The van der Waals surface area contributed by atoms with Crippen LogP contribution in [0.15, 0.2) is 0 Å². The molecule has 0 spiro atoms. The van der Waals surface area contributed by atoms with Crippen LogP contribution in [0.4, 0.5) is 0 Å². The lowest BCUT2D eigenvalue weighted by Crippen LogP contribution is -2.31. The number of rotatable bonds is 23. The Kier molecular flexibility index (Phi) is 22.2. The SMILES string of the molecule is CCC(C)NCCOCCOCCNC(=O)COCCOCCOCCOC(C)C. The highest BCUT2D eigenvalue weighted by Crippen LogP contribution is 1.88. The van der Waals surface area contributed by atoms with Crippen LogP contribution < -0.4 is 10.6 Å². The molecule has 0 saturated heterocycles. The van der Waals surface area contributed by atoms with E-state index in [4.69, 9.17) is 28.4 Å². The highest BCUT2D eigenvalue weighted by atomic mass is 16.6. The minimum Gasteiger partial charge on any atom is -0.378 e. The molecule has 0 aromatic carbocycles. The van der Waals surface area contributed by atoms with Crippen LogP contribution >= 0.6 is 0 Å². The van der Waals surface area contributed by atoms with Gasteiger partial charge in [-0.3, -0.25) is 4.79 Å². The Labute approximate surface area is 182 Å². The fourth-order valence-electron chi connectivity index (χ4n) is 2.10. The zero-order valence-corrected chi connectivity index (χ0v) is 19.4. The highest BCUT2D eigenvalue weighted by molar-refractivity contribution is 5.77. The number of ether oxygens (including phenoxy) is 6. The van der Waals surface area contributed by atoms with E-state index >= 15 is 0 Å². The number of carbonyl (C=O) groups excluding carboxylic acids is 1. The molecule has 0 aliphatic carbocycles. The van der Waals surface area contributed by atoms with E-state index in [1.165, 1.54) is 0 Å². The normalized spacial score (nSPS) is 12.4. The van der Waals surface area contributed by atoms with Crippen LogP contribution in [-0.4, -0.2) is 104 Å². The summed E-state index contributed by atoms with van der Waals surface area (Å²) in [5, 5.41) is 6.10. The molecule has 1 amide bonds. The largest absolute Gasteiger partial charge is 0.378 e. The Bertz CT molecular complexity index is 373. The van der Waals surface area contributed by atoms with E-state index in [1.54, 1.807) is 0 Å². The Hall–Kier alpha value is -0.810. The van der Waals surface area contributed by atoms with Crippen molar-refractivity contribution in [2.24, 2.45) is 0 Å². The molecule has 0 rings (SSSR count). The predicted molar refractivity (Wildman–Crippen MR) is 116 cm³/mol. The van der Waals surface area contributed by atoms with Gasteiger partial charge in [0.25, 0.3) is 0 Å². The zero-order valence-electron chi connectivity index (χ0n) is 19.4. The summed E-state index contributed by atoms with van der Waals surface area (Å²) in [6.45, 7) is 14.7. The van der Waals surface area contributed by atoms with Crippen molar-refractivity contribution in [3.63, 3.8) is 0 Å². The predicted octanol–water partition coefficient (Wildman–Crippen LogP) is 0.999. The maximum Gasteiger partial charge on any atom is 0.246 e. The van der Waals surface area contributed by atoms with E-state index in [9.17, 15) is 4.79 Å². The Morgan fingerprint density at radius 2 is 1.20 bits per heavy atom. The average molecular weight is 437 g/mol. The third-order valence-corrected chi connectivity index (χ3v) is 3.95. The molecule has 0 saturated carbocycles. The zero-order chi connectivity index (χ0) is 22.3. The van der Waals surface area contributed by atoms with Crippen LogP contribution in [0.3, 0.4) is 0 Å². The topological polar surface area (TPSA) is 96.5 Å². The molecule has 9 heteroatoms. The lowest BCUT2D eigenvalue weighted by atomic mass is 10.3. The molecule has 1 atom stereocenters. The minimum atomic E-state index is -0.167. The van der Waals surface area contributed by atoms with Gasteiger partial charge in [0.2, 0.25) is 5.91 Å². The van der Waals surface area contributed by atoms with Gasteiger partial charge >= 0.3 is 0 Å². The number of hydrogen-bond donors (Lipinski definition) is 2. The standard InChI is InChI=1S/C21H44N2O7/c1-5-20(4)22-6-8-25-10-11-26-9-7-23-21(24)18-29-15-14-27-12-13-28-16-17-30-19(2)3/h19-20,22H,5-18H2,1-4H3,(H,23,24). The van der Waals surface area contributed by atoms with E-state index in [2.05, 4.69) is 24.5 Å². The molecular formula is C21H44N2O7. The summed E-state index contributed by atoms with van der Waals surface area (Å²) < 4.78 is 32.2. The molecule has 9 nitrogen and oxygen atoms in total. The molecule has 0 aromatic heterocycles. The van der Waals surface area contributed by atoms with E-state index in [0.29, 0.717) is 78.7 Å². The van der Waals surface area contributed by atoms with Gasteiger partial charge in [-0.2, -0.15) is 0 Å². The van der Waals surface area contributed by atoms with Gasteiger partial charge in [-0.05, 0) is 27.2 Å². The van der Waals surface area contributed by atoms with Crippen LogP contribution in [0.5, 0.6) is 0 Å². The van der Waals surface area contributed by atoms with Gasteiger partial charge in [0.15, 0.2) is 0 Å². The molecule has 0 radical (unpaired) electrons. The molecular weight excluding hydrogens is 392 g/mol. The molecule has 180 valence electrons. The number of amides is 1. The Morgan fingerprint density at radius 3 is 1.77 bits per heavy atom. The highest BCUT2D eigenvalue weighted by Gasteiger charge is 2.01. The van der Waals surface area contributed by atoms with E-state index in [-0.39, 0.29) is 18.6 Å². The third kappa shape index (κ3) is 23.5. The summed E-state index contributed by atoms with van der Waals surface area (Å²) in [5.41, 5.74) is 0. The van der Waals surface area contributed by atoms with Crippen LogP contribution in [0.1, 0.15) is 34.1 Å². The Balaban J connectivity index is 3.19. The van der Waals surface area contributed by atoms with Crippen molar-refractivity contribution in [1.82, 2.24) is 10.6 Å². The Morgan fingerprint density at radius 1 is 0.700 bits per heavy atom. The lowest BCUT2D eigenvalue weighted by molar-refractivity contribution is -0.126. The monoisotopic (exact) mass is 436 g/mol. The van der Waals surface area contributed by atoms with Gasteiger partial charge in [-0.25, -0.2) is 0 Å². The second-order valence-corrected chi connectivity index (χ2v) is 7.03. The average Bonchev–Trinajstić information content (AvgIpc) is 2.72. The molecule has 0 aliphatic rings. The summed E-state index contributed by atoms with van der Waals surface area (Å²) in [6, 6.07) is 0.518. The summed E-state index contributed by atoms with van der Waals surface area (Å²) in [7, 11) is 0. The summed E-state index contributed by atoms with van der Waals surface area (Å²) in [5.74, 6) is -0.167. The fourth-order valence-corrected chi connectivity index (χ4v) is 2.10. The molecule has 0 fully saturated rings. The summed E-state index contributed by atoms with van der Waals surface area (Å²) >= 11 is 0. The van der Waals surface area contributed by atoms with Crippen LogP contribution in [-0.2, 0) is 33.2 Å². The lowest BCUT2D eigenvalue weighted by Gasteiger charge is -2.11. The molecule has 1 unspecified atom stereocenters. The van der Waals surface area contributed by atoms with Gasteiger partial charge in [0.1, 0.15) is 6.61 Å². The van der Waals surface area contributed by atoms with Crippen molar-refractivity contribution >= 4 is 5.91 Å². The van der Waals surface area contributed by atoms with Gasteiger partial charge in [-0.1, -0.05) is 6.92 Å². The molecule has 0 aliphatic heterocycles. The van der Waals surface area contributed by atoms with Crippen molar-refractivity contribution in [2.45, 2.75) is 46.3 Å². The second kappa shape index (κ2) is 22.9. The maximum atomic E-state index is 11.6. The fraction of sp³-hybridized carbons (Fsp3) is 0.952. The maximum absolute atomic E-state index is 11.6. The first-order chi connectivity index (χ1) is 14.6. The number of carbonyl (C=O) groups is 1. The van der Waals surface area contributed by atoms with Crippen molar-refractivity contribution in [1.29, 1.82) is 0 Å². The number of hydrogen-bond acceptors (Lipinski definition) is 8. The van der Waals surface area contributed by atoms with Crippen LogP contribution in [0.25, 0.3) is 0 Å². The first kappa shape index (κ1) is 29.2. The van der Waals surface area contributed by atoms with Crippen molar-refractivity contribution in [2.75, 3.05) is 85.8 Å². The second-order valence-electron chi connectivity index (χ2n) is 7.03. The molecule has 0 aromatic rings. The van der Waals surface area contributed by atoms with Crippen LogP contribution in [0, 0.1) is 0 Å². The van der Waals surface area contributed by atoms with Crippen LogP contribution in [0.2, 0.25) is 0 Å². The third-order valence-electron chi connectivity index (χ3n) is 3.95. The van der Waals surface area contributed by atoms with Crippen molar-refractivity contribution in [3.05, 3.63) is 0 Å². The van der Waals surface area contributed by atoms with Gasteiger partial charge < -0.3 is 39.1 Å². The molecule has 0 heterocycles. The first-order valence-electron chi connectivity index (χ1n) is 11.1. The molecule has 0 bridgehead atoms.